The predicted molar refractivity (Wildman–Crippen MR) is 75.5 cm³/mol. The van der Waals surface area contributed by atoms with E-state index in [1.54, 1.807) is 0 Å². The fraction of sp³-hybridized carbons (Fsp3) is 0.625. The second kappa shape index (κ2) is 5.41. The van der Waals surface area contributed by atoms with Crippen LogP contribution in [0.5, 0.6) is 0 Å². The highest BCUT2D eigenvalue weighted by molar-refractivity contribution is 5.34. The van der Waals surface area contributed by atoms with Gasteiger partial charge >= 0.3 is 0 Å². The first-order valence-electron chi connectivity index (χ1n) is 7.01. The zero-order valence-electron chi connectivity index (χ0n) is 12.0. The molecule has 0 heterocycles. The van der Waals surface area contributed by atoms with Gasteiger partial charge in [-0.3, -0.25) is 4.84 Å². The summed E-state index contributed by atoms with van der Waals surface area (Å²) in [7, 11) is 0. The molecule has 18 heavy (non-hydrogen) atoms. The molecule has 1 unspecified atom stereocenters. The minimum Gasteiger partial charge on any atom is -0.296 e. The van der Waals surface area contributed by atoms with E-state index in [9.17, 15) is 0 Å². The minimum atomic E-state index is -0.150. The molecule has 0 bridgehead atoms. The molecule has 0 spiro atoms. The van der Waals surface area contributed by atoms with Crippen LogP contribution in [0.25, 0.3) is 0 Å². The number of fused-ring (bicyclic) bond motifs is 1. The van der Waals surface area contributed by atoms with E-state index in [4.69, 9.17) is 4.84 Å². The Bertz CT molecular complexity index is 406. The van der Waals surface area contributed by atoms with Crippen molar-refractivity contribution in [2.24, 2.45) is 0 Å². The lowest BCUT2D eigenvalue weighted by Crippen LogP contribution is -2.31. The number of hydrogen-bond donors (Lipinski definition) is 1. The van der Waals surface area contributed by atoms with Gasteiger partial charge in [0.1, 0.15) is 0 Å². The third-order valence-electron chi connectivity index (χ3n) is 3.41. The van der Waals surface area contributed by atoms with Gasteiger partial charge in [0.15, 0.2) is 0 Å². The SMILES string of the molecule is CC(NOC(C)(C)C)c1ccc2c(c1)CCCC2. The molecular formula is C16H25NO. The van der Waals surface area contributed by atoms with Crippen molar-refractivity contribution in [2.75, 3.05) is 0 Å². The molecule has 1 atom stereocenters. The Morgan fingerprint density at radius 3 is 2.44 bits per heavy atom. The van der Waals surface area contributed by atoms with Crippen molar-refractivity contribution >= 4 is 0 Å². The summed E-state index contributed by atoms with van der Waals surface area (Å²) in [6.45, 7) is 8.31. The van der Waals surface area contributed by atoms with E-state index in [1.807, 2.05) is 0 Å². The van der Waals surface area contributed by atoms with Crippen molar-refractivity contribution in [3.63, 3.8) is 0 Å². The first kappa shape index (κ1) is 13.6. The van der Waals surface area contributed by atoms with Crippen molar-refractivity contribution in [2.45, 2.75) is 65.0 Å². The lowest BCUT2D eigenvalue weighted by atomic mass is 9.89. The zero-order chi connectivity index (χ0) is 13.2. The summed E-state index contributed by atoms with van der Waals surface area (Å²) in [6, 6.07) is 7.10. The molecule has 0 aromatic heterocycles. The topological polar surface area (TPSA) is 21.3 Å². The molecular weight excluding hydrogens is 222 g/mol. The van der Waals surface area contributed by atoms with Gasteiger partial charge < -0.3 is 0 Å². The van der Waals surface area contributed by atoms with E-state index in [0.717, 1.165) is 0 Å². The summed E-state index contributed by atoms with van der Waals surface area (Å²) >= 11 is 0. The number of benzene rings is 1. The van der Waals surface area contributed by atoms with Crippen molar-refractivity contribution < 1.29 is 4.84 Å². The Labute approximate surface area is 111 Å². The van der Waals surface area contributed by atoms with Crippen LogP contribution in [-0.2, 0) is 17.7 Å². The van der Waals surface area contributed by atoms with Crippen LogP contribution in [0, 0.1) is 0 Å². The zero-order valence-corrected chi connectivity index (χ0v) is 12.0. The van der Waals surface area contributed by atoms with Crippen LogP contribution in [0.3, 0.4) is 0 Å². The standard InChI is InChI=1S/C16H25NO/c1-12(17-18-16(2,3)4)14-10-9-13-7-5-6-8-15(13)11-14/h9-12,17H,5-8H2,1-4H3. The smallest absolute Gasteiger partial charge is 0.0813 e. The molecule has 2 heteroatoms. The van der Waals surface area contributed by atoms with Crippen LogP contribution in [0.1, 0.15) is 63.3 Å². The summed E-state index contributed by atoms with van der Waals surface area (Å²) < 4.78 is 0. The number of hydroxylamine groups is 1. The molecule has 1 aromatic carbocycles. The summed E-state index contributed by atoms with van der Waals surface area (Å²) in [6.07, 6.45) is 5.15. The van der Waals surface area contributed by atoms with Gasteiger partial charge in [-0.15, -0.1) is 0 Å². The van der Waals surface area contributed by atoms with Crippen LogP contribution in [0.4, 0.5) is 0 Å². The largest absolute Gasteiger partial charge is 0.296 e. The van der Waals surface area contributed by atoms with Crippen LogP contribution >= 0.6 is 0 Å². The second-order valence-electron chi connectivity index (χ2n) is 6.29. The van der Waals surface area contributed by atoms with Crippen molar-refractivity contribution in [1.82, 2.24) is 5.48 Å². The summed E-state index contributed by atoms with van der Waals surface area (Å²) in [4.78, 5) is 5.64. The highest BCUT2D eigenvalue weighted by Crippen LogP contribution is 2.25. The number of aryl methyl sites for hydroxylation is 2. The summed E-state index contributed by atoms with van der Waals surface area (Å²) in [5.41, 5.74) is 7.38. The van der Waals surface area contributed by atoms with Crippen LogP contribution in [0.2, 0.25) is 0 Å². The van der Waals surface area contributed by atoms with E-state index in [1.165, 1.54) is 42.4 Å². The minimum absolute atomic E-state index is 0.150. The lowest BCUT2D eigenvalue weighted by molar-refractivity contribution is -0.0866. The molecule has 0 aliphatic heterocycles. The average molecular weight is 247 g/mol. The molecule has 0 saturated heterocycles. The van der Waals surface area contributed by atoms with Gasteiger partial charge in [-0.25, -0.2) is 0 Å². The summed E-state index contributed by atoms with van der Waals surface area (Å²) in [5, 5.41) is 0. The lowest BCUT2D eigenvalue weighted by Gasteiger charge is -2.24. The molecule has 0 radical (unpaired) electrons. The van der Waals surface area contributed by atoms with E-state index < -0.39 is 0 Å². The Morgan fingerprint density at radius 1 is 1.11 bits per heavy atom. The van der Waals surface area contributed by atoms with E-state index >= 15 is 0 Å². The quantitative estimate of drug-likeness (QED) is 0.817. The van der Waals surface area contributed by atoms with Crippen molar-refractivity contribution in [3.8, 4) is 0 Å². The van der Waals surface area contributed by atoms with Gasteiger partial charge in [0.2, 0.25) is 0 Å². The molecule has 100 valence electrons. The molecule has 0 amide bonds. The van der Waals surface area contributed by atoms with Gasteiger partial charge in [-0.2, -0.15) is 5.48 Å². The normalized spacial score (nSPS) is 17.3. The Morgan fingerprint density at radius 2 is 1.78 bits per heavy atom. The maximum absolute atomic E-state index is 5.64. The maximum atomic E-state index is 5.64. The fourth-order valence-electron chi connectivity index (χ4n) is 2.36. The van der Waals surface area contributed by atoms with Crippen LogP contribution in [0.15, 0.2) is 18.2 Å². The second-order valence-corrected chi connectivity index (χ2v) is 6.29. The van der Waals surface area contributed by atoms with Crippen molar-refractivity contribution in [1.29, 1.82) is 0 Å². The Kier molecular flexibility index (Phi) is 4.08. The maximum Gasteiger partial charge on any atom is 0.0813 e. The monoisotopic (exact) mass is 247 g/mol. The molecule has 1 aromatic rings. The van der Waals surface area contributed by atoms with Gasteiger partial charge in [0.05, 0.1) is 11.6 Å². The third kappa shape index (κ3) is 3.56. The highest BCUT2D eigenvalue weighted by Gasteiger charge is 2.15. The molecule has 1 aliphatic carbocycles. The number of rotatable bonds is 3. The van der Waals surface area contributed by atoms with Crippen LogP contribution < -0.4 is 5.48 Å². The Hall–Kier alpha value is -0.860. The number of nitrogens with one attached hydrogen (secondary N) is 1. The highest BCUT2D eigenvalue weighted by atomic mass is 16.7. The molecule has 2 rings (SSSR count). The van der Waals surface area contributed by atoms with E-state index in [2.05, 4.69) is 51.4 Å². The average Bonchev–Trinajstić information content (AvgIpc) is 2.34. The number of hydrogen-bond acceptors (Lipinski definition) is 2. The third-order valence-corrected chi connectivity index (χ3v) is 3.41. The molecule has 2 nitrogen and oxygen atoms in total. The fourth-order valence-corrected chi connectivity index (χ4v) is 2.36. The van der Waals surface area contributed by atoms with Crippen molar-refractivity contribution in [3.05, 3.63) is 34.9 Å². The summed E-state index contributed by atoms with van der Waals surface area (Å²) in [5.74, 6) is 0. The molecule has 0 saturated carbocycles. The predicted octanol–water partition coefficient (Wildman–Crippen LogP) is 3.95. The van der Waals surface area contributed by atoms with E-state index in [-0.39, 0.29) is 11.6 Å². The van der Waals surface area contributed by atoms with Gasteiger partial charge in [-0.1, -0.05) is 18.2 Å². The first-order valence-corrected chi connectivity index (χ1v) is 7.01. The Balaban J connectivity index is 2.04. The van der Waals surface area contributed by atoms with Gasteiger partial charge in [0.25, 0.3) is 0 Å². The van der Waals surface area contributed by atoms with Gasteiger partial charge in [0, 0.05) is 0 Å². The van der Waals surface area contributed by atoms with Gasteiger partial charge in [-0.05, 0) is 70.1 Å². The van der Waals surface area contributed by atoms with Crippen LogP contribution in [-0.4, -0.2) is 5.60 Å². The molecule has 1 N–H and O–H groups in total. The molecule has 0 fully saturated rings. The molecule has 1 aliphatic rings. The van der Waals surface area contributed by atoms with E-state index in [0.29, 0.717) is 0 Å². The first-order chi connectivity index (χ1) is 8.46.